The molecule has 2 rings (SSSR count). The Morgan fingerprint density at radius 1 is 1.25 bits per heavy atom. The van der Waals surface area contributed by atoms with Crippen LogP contribution < -0.4 is 4.90 Å². The molecule has 0 aliphatic carbocycles. The minimum absolute atomic E-state index is 0.110. The van der Waals surface area contributed by atoms with Crippen molar-refractivity contribution in [3.63, 3.8) is 0 Å². The molecule has 0 N–H and O–H groups in total. The second-order valence-corrected chi connectivity index (χ2v) is 4.73. The molecule has 0 amide bonds. The van der Waals surface area contributed by atoms with Gasteiger partial charge in [-0.3, -0.25) is 0 Å². The Kier molecular flexibility index (Phi) is 3.82. The van der Waals surface area contributed by atoms with Crippen LogP contribution in [0, 0.1) is 5.82 Å². The van der Waals surface area contributed by atoms with Crippen LogP contribution >= 0.6 is 15.9 Å². The quantitative estimate of drug-likeness (QED) is 0.771. The highest BCUT2D eigenvalue weighted by atomic mass is 79.9. The summed E-state index contributed by atoms with van der Waals surface area (Å²) < 4.78 is 13.8. The van der Waals surface area contributed by atoms with Gasteiger partial charge in [0.15, 0.2) is 0 Å². The van der Waals surface area contributed by atoms with Gasteiger partial charge in [0.1, 0.15) is 5.82 Å². The van der Waals surface area contributed by atoms with Gasteiger partial charge in [-0.1, -0.05) is 28.1 Å². The van der Waals surface area contributed by atoms with E-state index in [1.165, 1.54) is 0 Å². The monoisotopic (exact) mass is 286 g/mol. The third-order valence-electron chi connectivity index (χ3n) is 3.03. The summed E-state index contributed by atoms with van der Waals surface area (Å²) >= 11 is 3.42. The van der Waals surface area contributed by atoms with Crippen molar-refractivity contribution in [1.82, 2.24) is 4.90 Å². The fourth-order valence-electron chi connectivity index (χ4n) is 2.05. The normalized spacial score (nSPS) is 17.8. The van der Waals surface area contributed by atoms with Crippen molar-refractivity contribution in [2.45, 2.75) is 5.33 Å². The summed E-state index contributed by atoms with van der Waals surface area (Å²) in [5, 5.41) is 0.701. The summed E-state index contributed by atoms with van der Waals surface area (Å²) in [6.45, 7) is 3.79. The minimum Gasteiger partial charge on any atom is -0.366 e. The Labute approximate surface area is 104 Å². The van der Waals surface area contributed by atoms with Crippen LogP contribution in [0.15, 0.2) is 18.2 Å². The maximum Gasteiger partial charge on any atom is 0.146 e. The van der Waals surface area contributed by atoms with Gasteiger partial charge in [-0.25, -0.2) is 4.39 Å². The molecule has 0 radical (unpaired) electrons. The molecule has 4 heteroatoms. The summed E-state index contributed by atoms with van der Waals surface area (Å²) in [5.41, 5.74) is 1.80. The topological polar surface area (TPSA) is 6.48 Å². The van der Waals surface area contributed by atoms with Gasteiger partial charge in [0, 0.05) is 31.5 Å². The van der Waals surface area contributed by atoms with E-state index in [9.17, 15) is 4.39 Å². The number of benzene rings is 1. The number of likely N-dealkylation sites (N-methyl/N-ethyl adjacent to an activating group) is 1. The second-order valence-electron chi connectivity index (χ2n) is 4.17. The number of hydrogen-bond donors (Lipinski definition) is 0. The Hall–Kier alpha value is -0.610. The zero-order chi connectivity index (χ0) is 11.5. The van der Waals surface area contributed by atoms with Crippen molar-refractivity contribution in [1.29, 1.82) is 0 Å². The fraction of sp³-hybridized carbons (Fsp3) is 0.500. The molecule has 16 heavy (non-hydrogen) atoms. The Balaban J connectivity index is 2.25. The third-order valence-corrected chi connectivity index (χ3v) is 3.64. The van der Waals surface area contributed by atoms with Crippen LogP contribution in [0.1, 0.15) is 5.56 Å². The zero-order valence-corrected chi connectivity index (χ0v) is 11.0. The number of rotatable bonds is 2. The summed E-state index contributed by atoms with van der Waals surface area (Å²) in [7, 11) is 2.10. The van der Waals surface area contributed by atoms with E-state index in [1.807, 2.05) is 6.07 Å². The van der Waals surface area contributed by atoms with Crippen LogP contribution in [0.3, 0.4) is 0 Å². The minimum atomic E-state index is -0.110. The van der Waals surface area contributed by atoms with Gasteiger partial charge in [-0.2, -0.15) is 0 Å². The Morgan fingerprint density at radius 3 is 2.56 bits per heavy atom. The molecule has 0 aromatic heterocycles. The van der Waals surface area contributed by atoms with Gasteiger partial charge < -0.3 is 9.80 Å². The van der Waals surface area contributed by atoms with E-state index < -0.39 is 0 Å². The highest BCUT2D eigenvalue weighted by Gasteiger charge is 2.19. The van der Waals surface area contributed by atoms with E-state index >= 15 is 0 Å². The first-order chi connectivity index (χ1) is 7.72. The standard InChI is InChI=1S/C12H16BrFN2/c1-15-5-7-16(8-6-15)12-10(9-13)3-2-4-11(12)14/h2-4H,5-9H2,1H3. The third kappa shape index (κ3) is 2.38. The Morgan fingerprint density at radius 2 is 1.94 bits per heavy atom. The summed E-state index contributed by atoms with van der Waals surface area (Å²) in [4.78, 5) is 4.41. The summed E-state index contributed by atoms with van der Waals surface area (Å²) in [6.07, 6.45) is 0. The highest BCUT2D eigenvalue weighted by molar-refractivity contribution is 9.08. The average molecular weight is 287 g/mol. The van der Waals surface area contributed by atoms with E-state index in [4.69, 9.17) is 0 Å². The summed E-state index contributed by atoms with van der Waals surface area (Å²) in [6, 6.07) is 5.29. The van der Waals surface area contributed by atoms with E-state index in [-0.39, 0.29) is 5.82 Å². The molecule has 1 aliphatic heterocycles. The van der Waals surface area contributed by atoms with Gasteiger partial charge in [0.2, 0.25) is 0 Å². The first-order valence-electron chi connectivity index (χ1n) is 5.49. The van der Waals surface area contributed by atoms with Crippen molar-refractivity contribution >= 4 is 21.6 Å². The first kappa shape index (κ1) is 11.9. The molecule has 1 aromatic carbocycles. The number of para-hydroxylation sites is 1. The predicted molar refractivity (Wildman–Crippen MR) is 68.7 cm³/mol. The SMILES string of the molecule is CN1CCN(c2c(F)cccc2CBr)CC1. The van der Waals surface area contributed by atoms with E-state index in [2.05, 4.69) is 32.8 Å². The second kappa shape index (κ2) is 5.15. The lowest BCUT2D eigenvalue weighted by atomic mass is 10.1. The number of alkyl halides is 1. The van der Waals surface area contributed by atoms with Crippen molar-refractivity contribution in [2.75, 3.05) is 38.1 Å². The molecule has 2 nitrogen and oxygen atoms in total. The largest absolute Gasteiger partial charge is 0.366 e. The molecule has 0 atom stereocenters. The van der Waals surface area contributed by atoms with Crippen LogP contribution in [-0.4, -0.2) is 38.1 Å². The number of anilines is 1. The number of piperazine rings is 1. The van der Waals surface area contributed by atoms with Gasteiger partial charge >= 0.3 is 0 Å². The maximum absolute atomic E-state index is 13.8. The first-order valence-corrected chi connectivity index (χ1v) is 6.61. The van der Waals surface area contributed by atoms with E-state index in [0.717, 1.165) is 37.4 Å². The number of hydrogen-bond acceptors (Lipinski definition) is 2. The number of halogens is 2. The zero-order valence-electron chi connectivity index (χ0n) is 9.42. The lowest BCUT2D eigenvalue weighted by Gasteiger charge is -2.35. The molecule has 0 unspecified atom stereocenters. The maximum atomic E-state index is 13.8. The lowest BCUT2D eigenvalue weighted by molar-refractivity contribution is 0.311. The van der Waals surface area contributed by atoms with Gasteiger partial charge in [0.25, 0.3) is 0 Å². The summed E-state index contributed by atoms with van der Waals surface area (Å²) in [5.74, 6) is -0.110. The molecule has 1 saturated heterocycles. The Bertz CT molecular complexity index is 362. The van der Waals surface area contributed by atoms with Crippen LogP contribution in [-0.2, 0) is 5.33 Å². The predicted octanol–water partition coefficient (Wildman–Crippen LogP) is 2.47. The average Bonchev–Trinajstić information content (AvgIpc) is 2.30. The molecule has 1 heterocycles. The van der Waals surface area contributed by atoms with Gasteiger partial charge in [-0.05, 0) is 18.7 Å². The molecule has 1 fully saturated rings. The molecular weight excluding hydrogens is 271 g/mol. The van der Waals surface area contributed by atoms with Gasteiger partial charge in [-0.15, -0.1) is 0 Å². The lowest BCUT2D eigenvalue weighted by Crippen LogP contribution is -2.45. The van der Waals surface area contributed by atoms with Crippen molar-refractivity contribution in [3.05, 3.63) is 29.6 Å². The van der Waals surface area contributed by atoms with Crippen molar-refractivity contribution in [2.24, 2.45) is 0 Å². The molecule has 88 valence electrons. The van der Waals surface area contributed by atoms with Crippen LogP contribution in [0.25, 0.3) is 0 Å². The molecule has 0 bridgehead atoms. The van der Waals surface area contributed by atoms with Crippen molar-refractivity contribution in [3.8, 4) is 0 Å². The molecule has 1 aromatic rings. The number of nitrogens with zero attached hydrogens (tertiary/aromatic N) is 2. The highest BCUT2D eigenvalue weighted by Crippen LogP contribution is 2.27. The molecular formula is C12H16BrFN2. The van der Waals surface area contributed by atoms with E-state index in [1.54, 1.807) is 12.1 Å². The van der Waals surface area contributed by atoms with Crippen LogP contribution in [0.5, 0.6) is 0 Å². The van der Waals surface area contributed by atoms with Crippen LogP contribution in [0.2, 0.25) is 0 Å². The van der Waals surface area contributed by atoms with Crippen molar-refractivity contribution < 1.29 is 4.39 Å². The molecule has 0 spiro atoms. The molecule has 0 saturated carbocycles. The van der Waals surface area contributed by atoms with Gasteiger partial charge in [0.05, 0.1) is 5.69 Å². The van der Waals surface area contributed by atoms with E-state index in [0.29, 0.717) is 5.33 Å². The fourth-order valence-corrected chi connectivity index (χ4v) is 2.50. The smallest absolute Gasteiger partial charge is 0.146 e. The molecule has 1 aliphatic rings. The van der Waals surface area contributed by atoms with Crippen LogP contribution in [0.4, 0.5) is 10.1 Å².